The maximum atomic E-state index is 13.2. The van der Waals surface area contributed by atoms with Gasteiger partial charge in [-0.3, -0.25) is 14.4 Å². The molecule has 1 aromatic carbocycles. The van der Waals surface area contributed by atoms with Crippen LogP contribution in [0.3, 0.4) is 0 Å². The Morgan fingerprint density at radius 1 is 1.25 bits per heavy atom. The summed E-state index contributed by atoms with van der Waals surface area (Å²) in [6.45, 7) is 3.14. The van der Waals surface area contributed by atoms with E-state index in [1.165, 1.54) is 0 Å². The van der Waals surface area contributed by atoms with Crippen LogP contribution in [-0.4, -0.2) is 74.8 Å². The van der Waals surface area contributed by atoms with Crippen molar-refractivity contribution in [3.8, 4) is 5.75 Å². The van der Waals surface area contributed by atoms with Gasteiger partial charge in [0.25, 0.3) is 5.91 Å². The van der Waals surface area contributed by atoms with Gasteiger partial charge in [0.05, 0.1) is 30.7 Å². The quantitative estimate of drug-likeness (QED) is 0.590. The molecule has 0 aromatic heterocycles. The van der Waals surface area contributed by atoms with E-state index >= 15 is 0 Å². The summed E-state index contributed by atoms with van der Waals surface area (Å²) < 4.78 is 17.1. The van der Waals surface area contributed by atoms with Crippen LogP contribution in [0.5, 0.6) is 5.75 Å². The van der Waals surface area contributed by atoms with Crippen molar-refractivity contribution in [2.24, 2.45) is 0 Å². The van der Waals surface area contributed by atoms with Crippen molar-refractivity contribution < 1.29 is 28.6 Å². The lowest BCUT2D eigenvalue weighted by Gasteiger charge is -2.42. The Bertz CT molecular complexity index is 830. The summed E-state index contributed by atoms with van der Waals surface area (Å²) in [5.41, 5.74) is 0.990. The second-order valence-electron chi connectivity index (χ2n) is 8.22. The van der Waals surface area contributed by atoms with E-state index in [4.69, 9.17) is 14.2 Å². The van der Waals surface area contributed by atoms with E-state index < -0.39 is 0 Å². The highest BCUT2D eigenvalue weighted by molar-refractivity contribution is 5.99. The summed E-state index contributed by atoms with van der Waals surface area (Å²) >= 11 is 0. The van der Waals surface area contributed by atoms with Gasteiger partial charge in [-0.05, 0) is 37.5 Å². The van der Waals surface area contributed by atoms with Crippen LogP contribution in [0.1, 0.15) is 49.4 Å². The number of amides is 3. The van der Waals surface area contributed by atoms with Gasteiger partial charge in [0, 0.05) is 32.8 Å². The summed E-state index contributed by atoms with van der Waals surface area (Å²) in [4.78, 5) is 39.0. The van der Waals surface area contributed by atoms with Gasteiger partial charge >= 0.3 is 0 Å². The topological polar surface area (TPSA) is 106 Å². The lowest BCUT2D eigenvalue weighted by Crippen LogP contribution is -2.54. The minimum atomic E-state index is -0.327. The predicted octanol–water partition coefficient (Wildman–Crippen LogP) is 1.96. The standard InChI is InChI=1S/C23H33N3O6/c1-4-5-21(27)25-15-6-9-19-17(12-15)23(29)26(2)18-8-7-16(32-20(18)14-31-19)13-22(28)24-10-11-30-3/h6,9,12,16,18,20H,4-5,7-8,10-11,13-14H2,1-3H3,(H,24,28)(H,25,27)/t16-,18-,20+/m0/s1. The van der Waals surface area contributed by atoms with Gasteiger partial charge in [-0.2, -0.15) is 0 Å². The lowest BCUT2D eigenvalue weighted by atomic mass is 9.94. The molecular formula is C23H33N3O6. The SMILES string of the molecule is CCCC(=O)Nc1ccc2c(c1)C(=O)N(C)[C@H]1CC[C@@H](CC(=O)NCCOC)O[C@@H]1CO2. The Kier molecular flexibility index (Phi) is 8.46. The fourth-order valence-corrected chi connectivity index (χ4v) is 4.13. The molecule has 1 saturated heterocycles. The molecule has 1 aromatic rings. The molecule has 9 nitrogen and oxygen atoms in total. The minimum Gasteiger partial charge on any atom is -0.490 e. The first-order valence-corrected chi connectivity index (χ1v) is 11.2. The van der Waals surface area contributed by atoms with Crippen molar-refractivity contribution in [3.05, 3.63) is 23.8 Å². The first kappa shape index (κ1) is 24.0. The number of rotatable bonds is 8. The molecule has 0 aliphatic carbocycles. The van der Waals surface area contributed by atoms with E-state index in [9.17, 15) is 14.4 Å². The van der Waals surface area contributed by atoms with E-state index in [1.54, 1.807) is 37.3 Å². The number of carbonyl (C=O) groups excluding carboxylic acids is 3. The molecule has 0 spiro atoms. The molecule has 0 bridgehead atoms. The van der Waals surface area contributed by atoms with Crippen LogP contribution in [0.4, 0.5) is 5.69 Å². The minimum absolute atomic E-state index is 0.0790. The third-order valence-electron chi connectivity index (χ3n) is 5.81. The van der Waals surface area contributed by atoms with Crippen LogP contribution in [0, 0.1) is 0 Å². The van der Waals surface area contributed by atoms with Crippen LogP contribution in [0.25, 0.3) is 0 Å². The largest absolute Gasteiger partial charge is 0.490 e. The smallest absolute Gasteiger partial charge is 0.257 e. The van der Waals surface area contributed by atoms with Gasteiger partial charge in [0.1, 0.15) is 18.5 Å². The van der Waals surface area contributed by atoms with Crippen LogP contribution >= 0.6 is 0 Å². The highest BCUT2D eigenvalue weighted by Crippen LogP contribution is 2.32. The fraction of sp³-hybridized carbons (Fsp3) is 0.609. The van der Waals surface area contributed by atoms with Crippen molar-refractivity contribution in [2.45, 2.75) is 57.3 Å². The fourth-order valence-electron chi connectivity index (χ4n) is 4.13. The number of benzene rings is 1. The number of fused-ring (bicyclic) bond motifs is 2. The Hall–Kier alpha value is -2.65. The van der Waals surface area contributed by atoms with E-state index in [1.807, 2.05) is 6.92 Å². The van der Waals surface area contributed by atoms with Gasteiger partial charge in [-0.15, -0.1) is 0 Å². The van der Waals surface area contributed by atoms with Crippen LogP contribution < -0.4 is 15.4 Å². The van der Waals surface area contributed by atoms with Crippen molar-refractivity contribution in [1.29, 1.82) is 0 Å². The van der Waals surface area contributed by atoms with Gasteiger partial charge in [-0.25, -0.2) is 0 Å². The third-order valence-corrected chi connectivity index (χ3v) is 5.81. The summed E-state index contributed by atoms with van der Waals surface area (Å²) in [6.07, 6.45) is 2.29. The number of methoxy groups -OCH3 is 1. The molecule has 3 rings (SSSR count). The molecular weight excluding hydrogens is 414 g/mol. The maximum absolute atomic E-state index is 13.2. The van der Waals surface area contributed by atoms with Gasteiger partial charge < -0.3 is 29.7 Å². The Labute approximate surface area is 188 Å². The zero-order valence-electron chi connectivity index (χ0n) is 19.0. The van der Waals surface area contributed by atoms with Crippen molar-refractivity contribution >= 4 is 23.4 Å². The number of carbonyl (C=O) groups is 3. The molecule has 2 aliphatic heterocycles. The van der Waals surface area contributed by atoms with Crippen LogP contribution in [0.15, 0.2) is 18.2 Å². The van der Waals surface area contributed by atoms with Gasteiger partial charge in [-0.1, -0.05) is 6.92 Å². The molecule has 32 heavy (non-hydrogen) atoms. The Morgan fingerprint density at radius 2 is 2.06 bits per heavy atom. The number of hydrogen-bond acceptors (Lipinski definition) is 6. The summed E-state index contributed by atoms with van der Waals surface area (Å²) in [5, 5.41) is 5.64. The summed E-state index contributed by atoms with van der Waals surface area (Å²) in [6, 6.07) is 4.95. The van der Waals surface area contributed by atoms with E-state index in [2.05, 4.69) is 10.6 Å². The normalized spacial score (nSPS) is 22.7. The average Bonchev–Trinajstić information content (AvgIpc) is 2.77. The molecule has 176 valence electrons. The predicted molar refractivity (Wildman–Crippen MR) is 119 cm³/mol. The Morgan fingerprint density at radius 3 is 2.81 bits per heavy atom. The number of likely N-dealkylation sites (N-methyl/N-ethyl adjacent to an activating group) is 1. The monoisotopic (exact) mass is 447 g/mol. The van der Waals surface area contributed by atoms with E-state index in [0.29, 0.717) is 49.4 Å². The molecule has 3 atom stereocenters. The summed E-state index contributed by atoms with van der Waals surface area (Å²) in [7, 11) is 3.35. The van der Waals surface area contributed by atoms with Crippen LogP contribution in [-0.2, 0) is 19.1 Å². The highest BCUT2D eigenvalue weighted by Gasteiger charge is 2.39. The zero-order valence-corrected chi connectivity index (χ0v) is 19.0. The van der Waals surface area contributed by atoms with Gasteiger partial charge in [0.2, 0.25) is 11.8 Å². The van der Waals surface area contributed by atoms with E-state index in [-0.39, 0.29) is 49.0 Å². The van der Waals surface area contributed by atoms with E-state index in [0.717, 1.165) is 6.42 Å². The molecule has 2 heterocycles. The second-order valence-corrected chi connectivity index (χ2v) is 8.22. The molecule has 2 aliphatic rings. The van der Waals surface area contributed by atoms with Crippen molar-refractivity contribution in [2.75, 3.05) is 39.2 Å². The number of hydrogen-bond donors (Lipinski definition) is 2. The zero-order chi connectivity index (χ0) is 23.1. The first-order chi connectivity index (χ1) is 15.4. The molecule has 2 N–H and O–H groups in total. The molecule has 9 heteroatoms. The molecule has 0 saturated carbocycles. The number of ether oxygens (including phenoxy) is 3. The molecule has 0 radical (unpaired) electrons. The van der Waals surface area contributed by atoms with Crippen LogP contribution in [0.2, 0.25) is 0 Å². The van der Waals surface area contributed by atoms with Crippen molar-refractivity contribution in [3.63, 3.8) is 0 Å². The second kappa shape index (κ2) is 11.3. The van der Waals surface area contributed by atoms with Crippen molar-refractivity contribution in [1.82, 2.24) is 10.2 Å². The number of nitrogens with one attached hydrogen (secondary N) is 2. The molecule has 0 unspecified atom stereocenters. The number of nitrogens with zero attached hydrogens (tertiary/aromatic N) is 1. The Balaban J connectivity index is 1.67. The maximum Gasteiger partial charge on any atom is 0.257 e. The lowest BCUT2D eigenvalue weighted by molar-refractivity contribution is -0.134. The third kappa shape index (κ3) is 5.98. The first-order valence-electron chi connectivity index (χ1n) is 11.2. The highest BCUT2D eigenvalue weighted by atomic mass is 16.5. The number of anilines is 1. The summed E-state index contributed by atoms with van der Waals surface area (Å²) in [5.74, 6) is 0.111. The molecule has 3 amide bonds. The van der Waals surface area contributed by atoms with Gasteiger partial charge in [0.15, 0.2) is 0 Å². The average molecular weight is 448 g/mol. The molecule has 1 fully saturated rings.